The second-order valence-corrected chi connectivity index (χ2v) is 12.4. The molecule has 1 heterocycles. The van der Waals surface area contributed by atoms with Gasteiger partial charge in [0.05, 0.1) is 16.6 Å². The third-order valence-corrected chi connectivity index (χ3v) is 8.10. The highest BCUT2D eigenvalue weighted by Crippen LogP contribution is 2.42. The van der Waals surface area contributed by atoms with Crippen molar-refractivity contribution in [2.24, 2.45) is 0 Å². The molecule has 0 aliphatic heterocycles. The average Bonchev–Trinajstić information content (AvgIpc) is 3.33. The molecule has 0 spiro atoms. The van der Waals surface area contributed by atoms with E-state index in [1.165, 1.54) is 18.2 Å². The molecular formula is C32H25F3N2O3S. The van der Waals surface area contributed by atoms with Crippen LogP contribution in [-0.2, 0) is 15.5 Å². The monoisotopic (exact) mass is 574 g/mol. The smallest absolute Gasteiger partial charge is 0.375 e. The summed E-state index contributed by atoms with van der Waals surface area (Å²) in [4.78, 5) is 4.97. The molecule has 0 unspecified atom stereocenters. The summed E-state index contributed by atoms with van der Waals surface area (Å²) in [6.45, 7) is 6.32. The summed E-state index contributed by atoms with van der Waals surface area (Å²) in [5.74, 6) is -0.223. The molecule has 41 heavy (non-hydrogen) atoms. The van der Waals surface area contributed by atoms with E-state index < -0.39 is 21.4 Å². The summed E-state index contributed by atoms with van der Waals surface area (Å²) in [6, 6.07) is 29.3. The lowest BCUT2D eigenvalue weighted by molar-refractivity contribution is -0.0499. The van der Waals surface area contributed by atoms with E-state index in [4.69, 9.17) is 4.98 Å². The van der Waals surface area contributed by atoms with Gasteiger partial charge in [-0.2, -0.15) is 21.6 Å². The van der Waals surface area contributed by atoms with E-state index >= 15 is 0 Å². The van der Waals surface area contributed by atoms with Gasteiger partial charge in [0.2, 0.25) is 0 Å². The third-order valence-electron chi connectivity index (χ3n) is 7.13. The fourth-order valence-corrected chi connectivity index (χ4v) is 5.61. The van der Waals surface area contributed by atoms with E-state index in [1.807, 2.05) is 77.4 Å². The van der Waals surface area contributed by atoms with Crippen molar-refractivity contribution >= 4 is 42.7 Å². The molecular weight excluding hydrogens is 549 g/mol. The standard InChI is InChI=1S/C32H25F3N2O3S/c1-31(2,3)20-16-18-21(19-17-20)37-29-25-13-7-5-11-23(25)22-10-4-6-12-24(22)28(29)36-30(37)26-14-8-9-15-27(26)40-41(38,39)32(33,34)35/h4-19H,1-3H3. The van der Waals surface area contributed by atoms with Crippen LogP contribution in [0.1, 0.15) is 26.3 Å². The lowest BCUT2D eigenvalue weighted by Gasteiger charge is -2.20. The molecule has 0 amide bonds. The Morgan fingerprint density at radius 2 is 1.24 bits per heavy atom. The number of para-hydroxylation sites is 1. The Hall–Kier alpha value is -4.37. The first-order chi connectivity index (χ1) is 19.4. The summed E-state index contributed by atoms with van der Waals surface area (Å²) < 4.78 is 70.6. The number of imidazole rings is 1. The molecule has 9 heteroatoms. The number of benzene rings is 5. The molecule has 1 aromatic heterocycles. The van der Waals surface area contributed by atoms with Crippen LogP contribution in [0.5, 0.6) is 5.75 Å². The minimum Gasteiger partial charge on any atom is -0.375 e. The molecule has 6 aromatic rings. The summed E-state index contributed by atoms with van der Waals surface area (Å²) in [5, 5.41) is 3.70. The van der Waals surface area contributed by atoms with Crippen LogP contribution >= 0.6 is 0 Å². The summed E-state index contributed by atoms with van der Waals surface area (Å²) in [5.41, 5.74) is -2.41. The van der Waals surface area contributed by atoms with Gasteiger partial charge in [-0.25, -0.2) is 4.98 Å². The highest BCUT2D eigenvalue weighted by atomic mass is 32.2. The van der Waals surface area contributed by atoms with Gasteiger partial charge in [-0.1, -0.05) is 93.6 Å². The summed E-state index contributed by atoms with van der Waals surface area (Å²) >= 11 is 0. The minimum absolute atomic E-state index is 0.101. The Kier molecular flexibility index (Phi) is 6.11. The van der Waals surface area contributed by atoms with Crippen molar-refractivity contribution in [2.75, 3.05) is 0 Å². The zero-order chi connectivity index (χ0) is 29.2. The molecule has 0 radical (unpaired) electrons. The highest BCUT2D eigenvalue weighted by Gasteiger charge is 2.49. The summed E-state index contributed by atoms with van der Waals surface area (Å²) in [7, 11) is -5.92. The molecule has 0 N–H and O–H groups in total. The zero-order valence-corrected chi connectivity index (χ0v) is 23.2. The molecule has 0 bridgehead atoms. The first kappa shape index (κ1) is 26.8. The Morgan fingerprint density at radius 3 is 1.85 bits per heavy atom. The van der Waals surface area contributed by atoms with Crippen LogP contribution in [0.15, 0.2) is 97.1 Å². The van der Waals surface area contributed by atoms with E-state index in [9.17, 15) is 21.6 Å². The van der Waals surface area contributed by atoms with Gasteiger partial charge in [-0.15, -0.1) is 0 Å². The van der Waals surface area contributed by atoms with E-state index in [0.717, 1.165) is 32.6 Å². The number of nitrogens with zero attached hydrogens (tertiary/aromatic N) is 2. The molecule has 0 saturated carbocycles. The number of hydrogen-bond donors (Lipinski definition) is 0. The van der Waals surface area contributed by atoms with Crippen LogP contribution in [0.4, 0.5) is 13.2 Å². The van der Waals surface area contributed by atoms with Gasteiger partial charge in [-0.05, 0) is 46.0 Å². The minimum atomic E-state index is -5.92. The lowest BCUT2D eigenvalue weighted by atomic mass is 9.87. The Morgan fingerprint density at radius 1 is 0.707 bits per heavy atom. The van der Waals surface area contributed by atoms with E-state index in [2.05, 4.69) is 25.0 Å². The first-order valence-corrected chi connectivity index (χ1v) is 14.3. The molecule has 6 rings (SSSR count). The molecule has 5 nitrogen and oxygen atoms in total. The van der Waals surface area contributed by atoms with E-state index in [0.29, 0.717) is 11.2 Å². The summed E-state index contributed by atoms with van der Waals surface area (Å²) in [6.07, 6.45) is 0. The van der Waals surface area contributed by atoms with Gasteiger partial charge < -0.3 is 4.18 Å². The van der Waals surface area contributed by atoms with Crippen molar-refractivity contribution < 1.29 is 25.8 Å². The van der Waals surface area contributed by atoms with Crippen molar-refractivity contribution in [3.8, 4) is 22.8 Å². The van der Waals surface area contributed by atoms with Crippen molar-refractivity contribution in [2.45, 2.75) is 31.7 Å². The maximum Gasteiger partial charge on any atom is 0.534 e. The molecule has 0 saturated heterocycles. The van der Waals surface area contributed by atoms with Crippen LogP contribution in [0.25, 0.3) is 49.7 Å². The van der Waals surface area contributed by atoms with Gasteiger partial charge in [0, 0.05) is 16.5 Å². The average molecular weight is 575 g/mol. The quantitative estimate of drug-likeness (QED) is 0.120. The van der Waals surface area contributed by atoms with Gasteiger partial charge in [-0.3, -0.25) is 4.57 Å². The molecule has 0 fully saturated rings. The second-order valence-electron chi connectivity index (χ2n) is 10.8. The third kappa shape index (κ3) is 4.50. The lowest BCUT2D eigenvalue weighted by Crippen LogP contribution is -2.28. The maximum atomic E-state index is 13.3. The van der Waals surface area contributed by atoms with Crippen LogP contribution in [0.3, 0.4) is 0 Å². The zero-order valence-electron chi connectivity index (χ0n) is 22.4. The molecule has 5 aromatic carbocycles. The van der Waals surface area contributed by atoms with Crippen molar-refractivity contribution in [3.63, 3.8) is 0 Å². The normalized spacial score (nSPS) is 12.8. The predicted molar refractivity (Wildman–Crippen MR) is 156 cm³/mol. The Labute approximate surface area is 234 Å². The first-order valence-electron chi connectivity index (χ1n) is 12.9. The Bertz CT molecular complexity index is 2060. The van der Waals surface area contributed by atoms with Crippen LogP contribution in [0.2, 0.25) is 0 Å². The second kappa shape index (κ2) is 9.34. The number of hydrogen-bond acceptors (Lipinski definition) is 4. The number of alkyl halides is 3. The SMILES string of the molecule is CC(C)(C)c1ccc(-n2c(-c3ccccc3OS(=O)(=O)C(F)(F)F)nc3c4ccccc4c4ccccc4c32)cc1. The van der Waals surface area contributed by atoms with E-state index in [-0.39, 0.29) is 16.8 Å². The van der Waals surface area contributed by atoms with Gasteiger partial charge >= 0.3 is 15.6 Å². The van der Waals surface area contributed by atoms with Crippen molar-refractivity contribution in [3.05, 3.63) is 103 Å². The fourth-order valence-electron chi connectivity index (χ4n) is 5.14. The molecule has 208 valence electrons. The predicted octanol–water partition coefficient (Wildman–Crippen LogP) is 8.52. The topological polar surface area (TPSA) is 61.2 Å². The largest absolute Gasteiger partial charge is 0.534 e. The molecule has 0 atom stereocenters. The molecule has 0 aliphatic rings. The van der Waals surface area contributed by atoms with Gasteiger partial charge in [0.1, 0.15) is 5.82 Å². The van der Waals surface area contributed by atoms with Crippen LogP contribution in [-0.4, -0.2) is 23.5 Å². The highest BCUT2D eigenvalue weighted by molar-refractivity contribution is 7.88. The van der Waals surface area contributed by atoms with Crippen LogP contribution < -0.4 is 4.18 Å². The van der Waals surface area contributed by atoms with Crippen molar-refractivity contribution in [1.29, 1.82) is 0 Å². The number of aromatic nitrogens is 2. The van der Waals surface area contributed by atoms with Crippen LogP contribution in [0, 0.1) is 0 Å². The van der Waals surface area contributed by atoms with Gasteiger partial charge in [0.15, 0.2) is 5.75 Å². The molecule has 0 aliphatic carbocycles. The fraction of sp³-hybridized carbons (Fsp3) is 0.156. The number of halogens is 3. The number of rotatable bonds is 4. The van der Waals surface area contributed by atoms with E-state index in [1.54, 1.807) is 6.07 Å². The maximum absolute atomic E-state index is 13.3. The number of fused-ring (bicyclic) bond motifs is 6. The van der Waals surface area contributed by atoms with Crippen molar-refractivity contribution in [1.82, 2.24) is 9.55 Å². The van der Waals surface area contributed by atoms with Gasteiger partial charge in [0.25, 0.3) is 0 Å². The Balaban J connectivity index is 1.74.